The maximum absolute atomic E-state index is 13.6. The monoisotopic (exact) mass is 461 g/mol. The molecule has 0 N–H and O–H groups in total. The molecule has 0 spiro atoms. The molecule has 0 fully saturated rings. The number of thioether (sulfide) groups is 1. The van der Waals surface area contributed by atoms with Gasteiger partial charge < -0.3 is 4.90 Å². The number of hydrogen-bond acceptors (Lipinski definition) is 6. The van der Waals surface area contributed by atoms with Crippen LogP contribution in [-0.2, 0) is 0 Å². The van der Waals surface area contributed by atoms with E-state index in [0.717, 1.165) is 31.7 Å². The van der Waals surface area contributed by atoms with E-state index in [0.29, 0.717) is 21.6 Å². The minimum Gasteiger partial charge on any atom is -0.308 e. The molecule has 29 heavy (non-hydrogen) atoms. The Balaban J connectivity index is 1.79. The molecule has 0 unspecified atom stereocenters. The molecular formula is C21H20ClN3OS3. The van der Waals surface area contributed by atoms with Crippen molar-refractivity contribution in [1.82, 2.24) is 9.88 Å². The number of nitrogens with zero attached hydrogens (tertiary/aromatic N) is 3. The van der Waals surface area contributed by atoms with E-state index in [9.17, 15) is 4.79 Å². The van der Waals surface area contributed by atoms with E-state index in [1.807, 2.05) is 50.7 Å². The number of thiazole rings is 1. The number of rotatable bonds is 6. The number of carbonyl (C=O) groups is 1. The molecule has 0 bridgehead atoms. The predicted molar refractivity (Wildman–Crippen MR) is 128 cm³/mol. The van der Waals surface area contributed by atoms with Crippen molar-refractivity contribution in [2.75, 3.05) is 38.3 Å². The highest BCUT2D eigenvalue weighted by Gasteiger charge is 2.26. The van der Waals surface area contributed by atoms with Crippen LogP contribution in [0.2, 0.25) is 5.02 Å². The van der Waals surface area contributed by atoms with Crippen molar-refractivity contribution in [3.63, 3.8) is 0 Å². The average Bonchev–Trinajstić information content (AvgIpc) is 3.29. The Kier molecular flexibility index (Phi) is 6.13. The highest BCUT2D eigenvalue weighted by atomic mass is 35.5. The number of benzene rings is 2. The molecule has 2 aromatic carbocycles. The first-order valence-corrected chi connectivity index (χ1v) is 12.3. The summed E-state index contributed by atoms with van der Waals surface area (Å²) in [7, 11) is 4.00. The molecule has 0 aliphatic carbocycles. The van der Waals surface area contributed by atoms with Crippen molar-refractivity contribution in [2.24, 2.45) is 0 Å². The molecule has 4 nitrogen and oxygen atoms in total. The fourth-order valence-electron chi connectivity index (χ4n) is 3.05. The van der Waals surface area contributed by atoms with Crippen molar-refractivity contribution in [3.05, 3.63) is 52.4 Å². The van der Waals surface area contributed by atoms with E-state index in [-0.39, 0.29) is 5.91 Å². The molecule has 8 heteroatoms. The van der Waals surface area contributed by atoms with Crippen LogP contribution in [0.4, 0.5) is 5.13 Å². The van der Waals surface area contributed by atoms with Gasteiger partial charge in [-0.2, -0.15) is 0 Å². The molecule has 0 aliphatic heterocycles. The Morgan fingerprint density at radius 2 is 1.83 bits per heavy atom. The van der Waals surface area contributed by atoms with Gasteiger partial charge in [-0.25, -0.2) is 4.98 Å². The van der Waals surface area contributed by atoms with Gasteiger partial charge in [0.25, 0.3) is 5.91 Å². The molecule has 2 heterocycles. The Labute approximate surface area is 187 Å². The topological polar surface area (TPSA) is 36.4 Å². The van der Waals surface area contributed by atoms with Gasteiger partial charge in [-0.3, -0.25) is 9.69 Å². The van der Waals surface area contributed by atoms with Crippen LogP contribution in [0.15, 0.2) is 47.4 Å². The van der Waals surface area contributed by atoms with Crippen LogP contribution in [0.5, 0.6) is 0 Å². The van der Waals surface area contributed by atoms with Gasteiger partial charge in [-0.1, -0.05) is 47.2 Å². The lowest BCUT2D eigenvalue weighted by Crippen LogP contribution is -2.36. The van der Waals surface area contributed by atoms with Gasteiger partial charge in [-0.15, -0.1) is 23.1 Å². The standard InChI is InChI=1S/C21H20ClN3OS3/c1-24(2)11-12-25(21-23-18-15(27-3)9-6-10-16(18)29-21)20(26)19-17(22)13-7-4-5-8-14(13)28-19/h4-10H,11-12H2,1-3H3. The lowest BCUT2D eigenvalue weighted by molar-refractivity contribution is 0.0989. The second kappa shape index (κ2) is 8.62. The number of amides is 1. The van der Waals surface area contributed by atoms with Gasteiger partial charge in [0.2, 0.25) is 0 Å². The molecule has 0 radical (unpaired) electrons. The van der Waals surface area contributed by atoms with Crippen molar-refractivity contribution in [1.29, 1.82) is 0 Å². The second-order valence-corrected chi connectivity index (χ2v) is 10.1. The summed E-state index contributed by atoms with van der Waals surface area (Å²) in [6.45, 7) is 1.28. The first-order chi connectivity index (χ1) is 14.0. The van der Waals surface area contributed by atoms with Gasteiger partial charge >= 0.3 is 0 Å². The van der Waals surface area contributed by atoms with E-state index in [4.69, 9.17) is 16.6 Å². The lowest BCUT2D eigenvalue weighted by atomic mass is 10.2. The Hall–Kier alpha value is -1.64. The van der Waals surface area contributed by atoms with Crippen molar-refractivity contribution >= 4 is 77.4 Å². The molecule has 4 rings (SSSR count). The van der Waals surface area contributed by atoms with Crippen LogP contribution in [0.1, 0.15) is 9.67 Å². The summed E-state index contributed by atoms with van der Waals surface area (Å²) in [6, 6.07) is 14.0. The fraction of sp³-hybridized carbons (Fsp3) is 0.238. The molecule has 150 valence electrons. The van der Waals surface area contributed by atoms with Gasteiger partial charge in [-0.05, 0) is 38.6 Å². The van der Waals surface area contributed by atoms with Gasteiger partial charge in [0, 0.05) is 28.1 Å². The van der Waals surface area contributed by atoms with Crippen LogP contribution in [-0.4, -0.2) is 49.2 Å². The number of halogens is 1. The Bertz CT molecular complexity index is 1180. The number of fused-ring (bicyclic) bond motifs is 2. The Morgan fingerprint density at radius 3 is 2.55 bits per heavy atom. The van der Waals surface area contributed by atoms with Crippen LogP contribution >= 0.6 is 46.0 Å². The molecule has 0 saturated heterocycles. The van der Waals surface area contributed by atoms with Gasteiger partial charge in [0.05, 0.1) is 15.2 Å². The summed E-state index contributed by atoms with van der Waals surface area (Å²) in [5.74, 6) is -0.0946. The SMILES string of the molecule is CSc1cccc2sc(N(CCN(C)C)C(=O)c3sc4ccccc4c3Cl)nc12. The number of carbonyl (C=O) groups excluding carboxylic acids is 1. The summed E-state index contributed by atoms with van der Waals surface area (Å²) in [5.41, 5.74) is 0.949. The van der Waals surface area contributed by atoms with Crippen molar-refractivity contribution in [3.8, 4) is 0 Å². The zero-order valence-electron chi connectivity index (χ0n) is 16.3. The third-order valence-corrected chi connectivity index (χ3v) is 8.04. The minimum absolute atomic E-state index is 0.0946. The lowest BCUT2D eigenvalue weighted by Gasteiger charge is -2.21. The molecule has 2 aromatic heterocycles. The first kappa shape index (κ1) is 20.6. The summed E-state index contributed by atoms with van der Waals surface area (Å²) in [6.07, 6.45) is 2.04. The van der Waals surface area contributed by atoms with Crippen LogP contribution in [0.25, 0.3) is 20.3 Å². The number of hydrogen-bond donors (Lipinski definition) is 0. The number of thiophene rings is 1. The highest BCUT2D eigenvalue weighted by molar-refractivity contribution is 7.98. The molecule has 0 atom stereocenters. The summed E-state index contributed by atoms with van der Waals surface area (Å²) in [5, 5.41) is 2.15. The highest BCUT2D eigenvalue weighted by Crippen LogP contribution is 2.38. The largest absolute Gasteiger partial charge is 0.308 e. The van der Waals surface area contributed by atoms with E-state index < -0.39 is 0 Å². The fourth-order valence-corrected chi connectivity index (χ4v) is 6.16. The summed E-state index contributed by atoms with van der Waals surface area (Å²) >= 11 is 11.3. The van der Waals surface area contributed by atoms with E-state index in [1.165, 1.54) is 11.3 Å². The first-order valence-electron chi connectivity index (χ1n) is 9.06. The van der Waals surface area contributed by atoms with Crippen molar-refractivity contribution < 1.29 is 4.79 Å². The molecule has 0 saturated carbocycles. The quantitative estimate of drug-likeness (QED) is 0.325. The maximum atomic E-state index is 13.6. The molecule has 1 amide bonds. The van der Waals surface area contributed by atoms with E-state index in [2.05, 4.69) is 17.0 Å². The summed E-state index contributed by atoms with van der Waals surface area (Å²) < 4.78 is 2.10. The number of anilines is 1. The van der Waals surface area contributed by atoms with Crippen LogP contribution < -0.4 is 4.90 Å². The molecular weight excluding hydrogens is 442 g/mol. The van der Waals surface area contributed by atoms with Gasteiger partial charge in [0.15, 0.2) is 5.13 Å². The predicted octanol–water partition coefficient (Wildman–Crippen LogP) is 6.09. The number of likely N-dealkylation sites (N-methyl/N-ethyl adjacent to an activating group) is 1. The maximum Gasteiger partial charge on any atom is 0.271 e. The number of aromatic nitrogens is 1. The van der Waals surface area contributed by atoms with E-state index in [1.54, 1.807) is 28.0 Å². The third kappa shape index (κ3) is 4.02. The summed E-state index contributed by atoms with van der Waals surface area (Å²) in [4.78, 5) is 23.9. The normalized spacial score (nSPS) is 11.6. The molecule has 0 aliphatic rings. The zero-order chi connectivity index (χ0) is 20.5. The van der Waals surface area contributed by atoms with E-state index >= 15 is 0 Å². The van der Waals surface area contributed by atoms with Gasteiger partial charge in [0.1, 0.15) is 4.88 Å². The van der Waals surface area contributed by atoms with Crippen LogP contribution in [0, 0.1) is 0 Å². The second-order valence-electron chi connectivity index (χ2n) is 6.80. The average molecular weight is 462 g/mol. The Morgan fingerprint density at radius 1 is 1.07 bits per heavy atom. The zero-order valence-corrected chi connectivity index (χ0v) is 19.5. The smallest absolute Gasteiger partial charge is 0.271 e. The molecule has 4 aromatic rings. The third-order valence-electron chi connectivity index (χ3n) is 4.57. The minimum atomic E-state index is -0.0946. The number of para-hydroxylation sites is 1. The van der Waals surface area contributed by atoms with Crippen molar-refractivity contribution in [2.45, 2.75) is 4.90 Å². The van der Waals surface area contributed by atoms with Crippen LogP contribution in [0.3, 0.4) is 0 Å².